The Morgan fingerprint density at radius 1 is 1.45 bits per heavy atom. The van der Waals surface area contributed by atoms with Crippen molar-refractivity contribution in [1.82, 2.24) is 5.32 Å². The zero-order chi connectivity index (χ0) is 8.69. The molecule has 0 aliphatic heterocycles. The van der Waals surface area contributed by atoms with Crippen LogP contribution in [0.4, 0.5) is 0 Å². The molecule has 1 amide bonds. The van der Waals surface area contributed by atoms with Crippen LogP contribution in [0.3, 0.4) is 0 Å². The smallest absolute Gasteiger partial charge is 0.224 e. The number of amides is 1. The predicted octanol–water partition coefficient (Wildman–Crippen LogP) is 0.395. The van der Waals surface area contributed by atoms with E-state index in [0.29, 0.717) is 12.8 Å². The molecule has 0 heterocycles. The summed E-state index contributed by atoms with van der Waals surface area (Å²) in [7, 11) is 1.57. The van der Waals surface area contributed by atoms with Gasteiger partial charge in [-0.15, -0.1) is 24.7 Å². The summed E-state index contributed by atoms with van der Waals surface area (Å²) < 4.78 is 0. The lowest BCUT2D eigenvalue weighted by atomic mass is 10.0. The topological polar surface area (TPSA) is 29.1 Å². The van der Waals surface area contributed by atoms with E-state index in [2.05, 4.69) is 17.2 Å². The van der Waals surface area contributed by atoms with E-state index >= 15 is 0 Å². The SMILES string of the molecule is C#CCC(CC#C)C(=O)NC. The highest BCUT2D eigenvalue weighted by Gasteiger charge is 2.13. The molecule has 0 aromatic rings. The maximum atomic E-state index is 11.0. The van der Waals surface area contributed by atoms with Crippen LogP contribution >= 0.6 is 0 Å². The second kappa shape index (κ2) is 5.38. The first-order chi connectivity index (χ1) is 5.26. The Bertz CT molecular complexity index is 191. The highest BCUT2D eigenvalue weighted by atomic mass is 16.1. The van der Waals surface area contributed by atoms with Gasteiger partial charge in [0.05, 0.1) is 5.92 Å². The van der Waals surface area contributed by atoms with E-state index in [1.54, 1.807) is 7.05 Å². The zero-order valence-electron chi connectivity index (χ0n) is 6.55. The Hall–Kier alpha value is -1.41. The Morgan fingerprint density at radius 3 is 2.18 bits per heavy atom. The third-order valence-corrected chi connectivity index (χ3v) is 1.35. The number of rotatable bonds is 3. The van der Waals surface area contributed by atoms with Gasteiger partial charge in [0.15, 0.2) is 0 Å². The first-order valence-corrected chi connectivity index (χ1v) is 3.34. The lowest BCUT2D eigenvalue weighted by molar-refractivity contribution is -0.124. The van der Waals surface area contributed by atoms with Crippen LogP contribution in [0.5, 0.6) is 0 Å². The first-order valence-electron chi connectivity index (χ1n) is 3.34. The van der Waals surface area contributed by atoms with Gasteiger partial charge in [0.1, 0.15) is 0 Å². The van der Waals surface area contributed by atoms with Crippen molar-refractivity contribution in [1.29, 1.82) is 0 Å². The van der Waals surface area contributed by atoms with E-state index in [1.165, 1.54) is 0 Å². The molecule has 0 aliphatic carbocycles. The molecular formula is C9H11NO. The van der Waals surface area contributed by atoms with Gasteiger partial charge in [0.2, 0.25) is 5.91 Å². The van der Waals surface area contributed by atoms with Gasteiger partial charge in [-0.3, -0.25) is 4.79 Å². The van der Waals surface area contributed by atoms with E-state index in [9.17, 15) is 4.79 Å². The summed E-state index contributed by atoms with van der Waals surface area (Å²) in [6.45, 7) is 0. The molecule has 2 heteroatoms. The average molecular weight is 149 g/mol. The summed E-state index contributed by atoms with van der Waals surface area (Å²) >= 11 is 0. The largest absolute Gasteiger partial charge is 0.359 e. The third kappa shape index (κ3) is 3.33. The van der Waals surface area contributed by atoms with Crippen molar-refractivity contribution in [2.75, 3.05) is 7.05 Å². The van der Waals surface area contributed by atoms with Crippen molar-refractivity contribution >= 4 is 5.91 Å². The van der Waals surface area contributed by atoms with E-state index in [4.69, 9.17) is 12.8 Å². The summed E-state index contributed by atoms with van der Waals surface area (Å²) in [4.78, 5) is 11.0. The highest BCUT2D eigenvalue weighted by Crippen LogP contribution is 2.06. The van der Waals surface area contributed by atoms with Gasteiger partial charge in [-0.25, -0.2) is 0 Å². The molecule has 0 saturated heterocycles. The summed E-state index contributed by atoms with van der Waals surface area (Å²) in [6.07, 6.45) is 10.9. The molecule has 0 atom stereocenters. The molecule has 58 valence electrons. The van der Waals surface area contributed by atoms with Gasteiger partial charge < -0.3 is 5.32 Å². The number of carbonyl (C=O) groups excluding carboxylic acids is 1. The van der Waals surface area contributed by atoms with Crippen LogP contribution in [-0.4, -0.2) is 13.0 Å². The lowest BCUT2D eigenvalue weighted by Crippen LogP contribution is -2.26. The molecule has 11 heavy (non-hydrogen) atoms. The Labute approximate surface area is 67.4 Å². The standard InChI is InChI=1S/C9H11NO/c1-4-6-8(7-5-2)9(11)10-3/h1-2,8H,6-7H2,3H3,(H,10,11). The molecule has 0 bridgehead atoms. The maximum absolute atomic E-state index is 11.0. The van der Waals surface area contributed by atoms with Crippen LogP contribution in [0.2, 0.25) is 0 Å². The minimum Gasteiger partial charge on any atom is -0.359 e. The third-order valence-electron chi connectivity index (χ3n) is 1.35. The van der Waals surface area contributed by atoms with E-state index < -0.39 is 0 Å². The Balaban J connectivity index is 4.02. The van der Waals surface area contributed by atoms with Gasteiger partial charge in [0.25, 0.3) is 0 Å². The fraction of sp³-hybridized carbons (Fsp3) is 0.444. The van der Waals surface area contributed by atoms with E-state index in [0.717, 1.165) is 0 Å². The number of terminal acetylenes is 2. The van der Waals surface area contributed by atoms with Crippen molar-refractivity contribution in [2.24, 2.45) is 5.92 Å². The fourth-order valence-electron chi connectivity index (χ4n) is 0.746. The molecule has 0 fully saturated rings. The van der Waals surface area contributed by atoms with Gasteiger partial charge in [-0.05, 0) is 0 Å². The van der Waals surface area contributed by atoms with Crippen LogP contribution in [0, 0.1) is 30.6 Å². The molecule has 0 radical (unpaired) electrons. The molecule has 0 aromatic carbocycles. The van der Waals surface area contributed by atoms with Crippen LogP contribution in [-0.2, 0) is 4.79 Å². The van der Waals surface area contributed by atoms with Gasteiger partial charge >= 0.3 is 0 Å². The first kappa shape index (κ1) is 9.59. The number of nitrogens with one attached hydrogen (secondary N) is 1. The predicted molar refractivity (Wildman–Crippen MR) is 44.5 cm³/mol. The molecule has 0 aliphatic rings. The number of carbonyl (C=O) groups is 1. The number of hydrogen-bond donors (Lipinski definition) is 1. The summed E-state index contributed by atoms with van der Waals surface area (Å²) in [6, 6.07) is 0. The fourth-order valence-corrected chi connectivity index (χ4v) is 0.746. The molecule has 0 aromatic heterocycles. The van der Waals surface area contributed by atoms with Crippen LogP contribution < -0.4 is 5.32 Å². The molecule has 0 saturated carbocycles. The molecular weight excluding hydrogens is 138 g/mol. The van der Waals surface area contributed by atoms with Crippen LogP contribution in [0.15, 0.2) is 0 Å². The summed E-state index contributed by atoms with van der Waals surface area (Å²) in [5, 5.41) is 2.50. The van der Waals surface area contributed by atoms with E-state index in [1.807, 2.05) is 0 Å². The number of hydrogen-bond acceptors (Lipinski definition) is 1. The molecule has 2 nitrogen and oxygen atoms in total. The minimum atomic E-state index is -0.227. The maximum Gasteiger partial charge on any atom is 0.224 e. The molecule has 1 N–H and O–H groups in total. The van der Waals surface area contributed by atoms with E-state index in [-0.39, 0.29) is 11.8 Å². The van der Waals surface area contributed by atoms with Crippen molar-refractivity contribution in [3.63, 3.8) is 0 Å². The molecule has 0 unspecified atom stereocenters. The zero-order valence-corrected chi connectivity index (χ0v) is 6.55. The van der Waals surface area contributed by atoms with Crippen LogP contribution in [0.1, 0.15) is 12.8 Å². The van der Waals surface area contributed by atoms with Crippen LogP contribution in [0.25, 0.3) is 0 Å². The summed E-state index contributed by atoms with van der Waals surface area (Å²) in [5.74, 6) is 4.51. The summed E-state index contributed by atoms with van der Waals surface area (Å²) in [5.41, 5.74) is 0. The van der Waals surface area contributed by atoms with Gasteiger partial charge in [-0.1, -0.05) is 0 Å². The van der Waals surface area contributed by atoms with Crippen molar-refractivity contribution in [2.45, 2.75) is 12.8 Å². The van der Waals surface area contributed by atoms with Crippen molar-refractivity contribution < 1.29 is 4.79 Å². The quantitative estimate of drug-likeness (QED) is 0.578. The second-order valence-electron chi connectivity index (χ2n) is 2.13. The van der Waals surface area contributed by atoms with Crippen molar-refractivity contribution in [3.05, 3.63) is 0 Å². The lowest BCUT2D eigenvalue weighted by Gasteiger charge is -2.07. The van der Waals surface area contributed by atoms with Gasteiger partial charge in [-0.2, -0.15) is 0 Å². The molecule has 0 spiro atoms. The Morgan fingerprint density at radius 2 is 1.91 bits per heavy atom. The average Bonchev–Trinajstić information content (AvgIpc) is 2.03. The van der Waals surface area contributed by atoms with Crippen molar-refractivity contribution in [3.8, 4) is 24.7 Å². The Kier molecular flexibility index (Phi) is 4.69. The molecule has 0 rings (SSSR count). The minimum absolute atomic E-state index is 0.0825. The second-order valence-corrected chi connectivity index (χ2v) is 2.13. The van der Waals surface area contributed by atoms with Gasteiger partial charge in [0, 0.05) is 19.9 Å². The normalized spacial score (nSPS) is 8.36. The monoisotopic (exact) mass is 149 g/mol. The highest BCUT2D eigenvalue weighted by molar-refractivity contribution is 5.78.